The Bertz CT molecular complexity index is 462. The van der Waals surface area contributed by atoms with Gasteiger partial charge in [0.2, 0.25) is 5.78 Å². The molecular weight excluding hydrogens is 295 g/mol. The van der Waals surface area contributed by atoms with Crippen LogP contribution in [0.2, 0.25) is 0 Å². The van der Waals surface area contributed by atoms with E-state index < -0.39 is 39.7 Å². The van der Waals surface area contributed by atoms with Crippen molar-refractivity contribution in [3.05, 3.63) is 10.6 Å². The molecule has 1 rings (SSSR count). The Labute approximate surface area is 110 Å². The fourth-order valence-electron chi connectivity index (χ4n) is 1.78. The molecule has 0 saturated heterocycles. The predicted molar refractivity (Wildman–Crippen MR) is 56.9 cm³/mol. The smallest absolute Gasteiger partial charge is 0.294 e. The third-order valence-corrected chi connectivity index (χ3v) is 3.01. The van der Waals surface area contributed by atoms with Crippen LogP contribution in [-0.2, 0) is 9.59 Å². The highest BCUT2D eigenvalue weighted by Gasteiger charge is 2.64. The normalized spacial score (nSPS) is 20.7. The Hall–Kier alpha value is -0.980. The molecule has 0 aromatic rings. The first kappa shape index (κ1) is 16.1. The van der Waals surface area contributed by atoms with Crippen molar-refractivity contribution < 1.29 is 31.5 Å². The zero-order valence-corrected chi connectivity index (χ0v) is 10.8. The van der Waals surface area contributed by atoms with E-state index >= 15 is 0 Å². The number of Topliss-reactive ketones (excluding diaryl/α,β-unsaturated/α-hetero) is 2. The van der Waals surface area contributed by atoms with Gasteiger partial charge in [0.1, 0.15) is 0 Å². The van der Waals surface area contributed by atoms with Crippen molar-refractivity contribution in [2.45, 2.75) is 38.8 Å². The summed E-state index contributed by atoms with van der Waals surface area (Å²) in [6, 6.07) is 0. The molecule has 0 amide bonds. The van der Waals surface area contributed by atoms with Gasteiger partial charge in [-0.2, -0.15) is 22.0 Å². The Morgan fingerprint density at radius 3 is 2.00 bits per heavy atom. The first-order valence-corrected chi connectivity index (χ1v) is 5.58. The Morgan fingerprint density at radius 2 is 1.63 bits per heavy atom. The molecular formula is C11H10ClF5O2. The number of halogens is 6. The van der Waals surface area contributed by atoms with Gasteiger partial charge in [0, 0.05) is 11.5 Å². The van der Waals surface area contributed by atoms with Gasteiger partial charge in [-0.25, -0.2) is 0 Å². The zero-order chi connectivity index (χ0) is 15.2. The molecule has 0 N–H and O–H groups in total. The first-order chi connectivity index (χ1) is 8.29. The van der Waals surface area contributed by atoms with E-state index in [4.69, 9.17) is 11.6 Å². The van der Waals surface area contributed by atoms with E-state index in [1.807, 2.05) is 0 Å². The average molecular weight is 305 g/mol. The van der Waals surface area contributed by atoms with E-state index in [0.29, 0.717) is 0 Å². The molecule has 0 bridgehead atoms. The molecule has 108 valence electrons. The molecule has 1 aliphatic rings. The van der Waals surface area contributed by atoms with Crippen molar-refractivity contribution in [2.75, 3.05) is 0 Å². The Kier molecular flexibility index (Phi) is 3.84. The molecule has 0 aromatic heterocycles. The molecule has 0 unspecified atom stereocenters. The van der Waals surface area contributed by atoms with Crippen molar-refractivity contribution in [1.82, 2.24) is 0 Å². The second-order valence-corrected chi connectivity index (χ2v) is 5.58. The van der Waals surface area contributed by atoms with Gasteiger partial charge in [-0.05, 0) is 11.8 Å². The van der Waals surface area contributed by atoms with E-state index in [1.165, 1.54) is 0 Å². The molecule has 2 nitrogen and oxygen atoms in total. The van der Waals surface area contributed by atoms with Crippen molar-refractivity contribution in [1.29, 1.82) is 0 Å². The highest BCUT2D eigenvalue weighted by atomic mass is 35.5. The van der Waals surface area contributed by atoms with Crippen LogP contribution in [0.5, 0.6) is 0 Å². The van der Waals surface area contributed by atoms with Gasteiger partial charge >= 0.3 is 12.1 Å². The van der Waals surface area contributed by atoms with E-state index in [-0.39, 0.29) is 12.8 Å². The molecule has 0 heterocycles. The molecule has 0 radical (unpaired) electrons. The topological polar surface area (TPSA) is 34.1 Å². The van der Waals surface area contributed by atoms with Gasteiger partial charge < -0.3 is 0 Å². The Morgan fingerprint density at radius 1 is 1.16 bits per heavy atom. The molecule has 0 saturated carbocycles. The lowest BCUT2D eigenvalue weighted by molar-refractivity contribution is -0.266. The van der Waals surface area contributed by atoms with Crippen LogP contribution < -0.4 is 0 Å². The van der Waals surface area contributed by atoms with Crippen LogP contribution in [0.25, 0.3) is 0 Å². The largest absolute Gasteiger partial charge is 0.461 e. The molecule has 8 heteroatoms. The minimum atomic E-state index is -6.05. The number of carbonyl (C=O) groups excluding carboxylic acids is 2. The lowest BCUT2D eigenvalue weighted by atomic mass is 9.76. The van der Waals surface area contributed by atoms with Crippen LogP contribution >= 0.6 is 11.6 Å². The van der Waals surface area contributed by atoms with Gasteiger partial charge in [0.15, 0.2) is 5.78 Å². The maximum atomic E-state index is 12.9. The first-order valence-electron chi connectivity index (χ1n) is 5.21. The highest BCUT2D eigenvalue weighted by molar-refractivity contribution is 6.38. The minimum Gasteiger partial charge on any atom is -0.294 e. The number of carbonyl (C=O) groups is 2. The number of rotatable bonds is 2. The maximum Gasteiger partial charge on any atom is 0.461 e. The van der Waals surface area contributed by atoms with Crippen LogP contribution in [0.1, 0.15) is 26.7 Å². The third-order valence-electron chi connectivity index (χ3n) is 2.69. The van der Waals surface area contributed by atoms with Crippen LogP contribution in [-0.4, -0.2) is 23.7 Å². The molecule has 0 aliphatic heterocycles. The minimum absolute atomic E-state index is 0.102. The second kappa shape index (κ2) is 4.54. The summed E-state index contributed by atoms with van der Waals surface area (Å²) in [6.45, 7) is 3.19. The summed E-state index contributed by atoms with van der Waals surface area (Å²) in [5.41, 5.74) is -1.91. The second-order valence-electron chi connectivity index (χ2n) is 5.12. The van der Waals surface area contributed by atoms with Crippen LogP contribution in [0.3, 0.4) is 0 Å². The lowest BCUT2D eigenvalue weighted by Crippen LogP contribution is -2.47. The predicted octanol–water partition coefficient (Wildman–Crippen LogP) is 3.64. The number of ketones is 2. The molecule has 0 spiro atoms. The summed E-state index contributed by atoms with van der Waals surface area (Å²) in [7, 11) is 0. The summed E-state index contributed by atoms with van der Waals surface area (Å²) in [5, 5.41) is -0.546. The van der Waals surface area contributed by atoms with Crippen molar-refractivity contribution in [2.24, 2.45) is 5.41 Å². The number of alkyl halides is 5. The SMILES string of the molecule is CC1(C)CC(=O)C(C(=O)C(F)(F)C(F)(F)F)=C(Cl)C1. The van der Waals surface area contributed by atoms with Crippen LogP contribution in [0.4, 0.5) is 22.0 Å². The molecule has 19 heavy (non-hydrogen) atoms. The fourth-order valence-corrected chi connectivity index (χ4v) is 2.33. The van der Waals surface area contributed by atoms with Gasteiger partial charge in [-0.3, -0.25) is 9.59 Å². The lowest BCUT2D eigenvalue weighted by Gasteiger charge is -2.30. The van der Waals surface area contributed by atoms with E-state index in [1.54, 1.807) is 13.8 Å². The standard InChI is InChI=1S/C11H10ClF5O2/c1-9(2)3-5(12)7(6(18)4-9)8(19)10(13,14)11(15,16)17/h3-4H2,1-2H3. The molecule has 0 fully saturated rings. The summed E-state index contributed by atoms with van der Waals surface area (Å²) in [6.07, 6.45) is -6.46. The third kappa shape index (κ3) is 2.96. The summed E-state index contributed by atoms with van der Waals surface area (Å²) < 4.78 is 62.1. The van der Waals surface area contributed by atoms with Gasteiger partial charge in [-0.1, -0.05) is 25.4 Å². The monoisotopic (exact) mass is 304 g/mol. The fraction of sp³-hybridized carbons (Fsp3) is 0.636. The van der Waals surface area contributed by atoms with Crippen molar-refractivity contribution in [3.63, 3.8) is 0 Å². The van der Waals surface area contributed by atoms with Crippen molar-refractivity contribution in [3.8, 4) is 0 Å². The Balaban J connectivity index is 3.24. The average Bonchev–Trinajstić information content (AvgIpc) is 2.11. The van der Waals surface area contributed by atoms with E-state index in [2.05, 4.69) is 0 Å². The summed E-state index contributed by atoms with van der Waals surface area (Å²) >= 11 is 5.55. The van der Waals surface area contributed by atoms with Gasteiger partial charge in [-0.15, -0.1) is 0 Å². The number of allylic oxidation sites excluding steroid dienone is 2. The highest BCUT2D eigenvalue weighted by Crippen LogP contribution is 2.43. The van der Waals surface area contributed by atoms with E-state index in [9.17, 15) is 31.5 Å². The summed E-state index contributed by atoms with van der Waals surface area (Å²) in [5.74, 6) is -9.28. The molecule has 0 atom stereocenters. The molecule has 1 aliphatic carbocycles. The quantitative estimate of drug-likeness (QED) is 0.576. The zero-order valence-electron chi connectivity index (χ0n) is 10.00. The van der Waals surface area contributed by atoms with E-state index in [0.717, 1.165) is 0 Å². The van der Waals surface area contributed by atoms with Gasteiger partial charge in [0.05, 0.1) is 5.57 Å². The van der Waals surface area contributed by atoms with Gasteiger partial charge in [0.25, 0.3) is 0 Å². The summed E-state index contributed by atoms with van der Waals surface area (Å²) in [4.78, 5) is 22.8. The number of hydrogen-bond donors (Lipinski definition) is 0. The van der Waals surface area contributed by atoms with Crippen LogP contribution in [0, 0.1) is 5.41 Å². The number of hydrogen-bond acceptors (Lipinski definition) is 2. The maximum absolute atomic E-state index is 12.9. The van der Waals surface area contributed by atoms with Crippen molar-refractivity contribution >= 4 is 23.2 Å². The van der Waals surface area contributed by atoms with Crippen LogP contribution in [0.15, 0.2) is 10.6 Å². The molecule has 0 aromatic carbocycles.